The minimum Gasteiger partial charge on any atom is -0.347 e. The van der Waals surface area contributed by atoms with Crippen molar-refractivity contribution in [2.24, 2.45) is 0 Å². The second kappa shape index (κ2) is 10.6. The van der Waals surface area contributed by atoms with Crippen LogP contribution in [0.15, 0.2) is 83.8 Å². The number of hydrogen-bond donors (Lipinski definition) is 2. The minimum absolute atomic E-state index is 0.0545. The molecule has 3 rings (SSSR count). The Morgan fingerprint density at radius 3 is 2.08 bits per heavy atom. The van der Waals surface area contributed by atoms with E-state index in [2.05, 4.69) is 10.6 Å². The fourth-order valence-electron chi connectivity index (χ4n) is 3.29. The SMILES string of the molecule is CC(C)(C)NC(=O)c1ccccc1NC(=O)CN(c1ccc([N+](=O)[O-])cc1)S(=O)(=O)c1ccccc1. The van der Waals surface area contributed by atoms with Gasteiger partial charge in [-0.3, -0.25) is 24.0 Å². The molecule has 36 heavy (non-hydrogen) atoms. The first-order valence-corrected chi connectivity index (χ1v) is 12.4. The molecule has 0 aromatic heterocycles. The fraction of sp³-hybridized carbons (Fsp3) is 0.200. The third kappa shape index (κ3) is 6.45. The van der Waals surface area contributed by atoms with Crippen LogP contribution in [-0.4, -0.2) is 37.2 Å². The molecule has 0 saturated carbocycles. The van der Waals surface area contributed by atoms with E-state index in [0.717, 1.165) is 16.4 Å². The number of non-ortho nitro benzene ring substituents is 1. The summed E-state index contributed by atoms with van der Waals surface area (Å²) in [6.45, 7) is 4.83. The number of anilines is 2. The van der Waals surface area contributed by atoms with Crippen molar-refractivity contribution in [1.29, 1.82) is 0 Å². The zero-order valence-corrected chi connectivity index (χ0v) is 20.8. The van der Waals surface area contributed by atoms with Gasteiger partial charge in [0.1, 0.15) is 6.54 Å². The topological polar surface area (TPSA) is 139 Å². The first-order chi connectivity index (χ1) is 16.9. The summed E-state index contributed by atoms with van der Waals surface area (Å²) < 4.78 is 27.7. The van der Waals surface area contributed by atoms with Gasteiger partial charge in [-0.2, -0.15) is 0 Å². The van der Waals surface area contributed by atoms with Gasteiger partial charge in [0.25, 0.3) is 21.6 Å². The number of benzene rings is 3. The van der Waals surface area contributed by atoms with E-state index in [1.54, 1.807) is 36.4 Å². The van der Waals surface area contributed by atoms with Crippen molar-refractivity contribution in [2.45, 2.75) is 31.2 Å². The standard InChI is InChI=1S/C25H26N4O6S/c1-25(2,3)27-24(31)21-11-7-8-12-22(21)26-23(30)17-28(18-13-15-19(16-14-18)29(32)33)36(34,35)20-9-5-4-6-10-20/h4-16H,17H2,1-3H3,(H,26,30)(H,27,31). The van der Waals surface area contributed by atoms with Crippen molar-refractivity contribution >= 4 is 38.9 Å². The normalized spacial score (nSPS) is 11.4. The summed E-state index contributed by atoms with van der Waals surface area (Å²) in [5, 5.41) is 16.5. The van der Waals surface area contributed by atoms with E-state index in [4.69, 9.17) is 0 Å². The number of nitro benzene ring substituents is 1. The molecule has 0 aliphatic rings. The number of amides is 2. The third-order valence-electron chi connectivity index (χ3n) is 4.90. The molecule has 0 saturated heterocycles. The number of carbonyl (C=O) groups excluding carboxylic acids is 2. The van der Waals surface area contributed by atoms with Gasteiger partial charge < -0.3 is 10.6 Å². The Kier molecular flexibility index (Phi) is 7.74. The molecule has 0 fully saturated rings. The second-order valence-corrected chi connectivity index (χ2v) is 10.8. The molecule has 188 valence electrons. The predicted molar refractivity (Wildman–Crippen MR) is 136 cm³/mol. The Hall–Kier alpha value is -4.25. The van der Waals surface area contributed by atoms with Crippen LogP contribution < -0.4 is 14.9 Å². The molecular weight excluding hydrogens is 484 g/mol. The lowest BCUT2D eigenvalue weighted by molar-refractivity contribution is -0.384. The van der Waals surface area contributed by atoms with E-state index in [1.165, 1.54) is 30.3 Å². The molecule has 3 aromatic rings. The summed E-state index contributed by atoms with van der Waals surface area (Å²) in [6, 6.07) is 18.7. The summed E-state index contributed by atoms with van der Waals surface area (Å²) >= 11 is 0. The smallest absolute Gasteiger partial charge is 0.269 e. The summed E-state index contributed by atoms with van der Waals surface area (Å²) in [5.74, 6) is -1.11. The van der Waals surface area contributed by atoms with E-state index in [-0.39, 0.29) is 27.5 Å². The maximum atomic E-state index is 13.4. The maximum Gasteiger partial charge on any atom is 0.269 e. The first kappa shape index (κ1) is 26.4. The van der Waals surface area contributed by atoms with Crippen LogP contribution >= 0.6 is 0 Å². The van der Waals surface area contributed by atoms with Gasteiger partial charge in [-0.05, 0) is 57.2 Å². The Labute approximate surface area is 209 Å². The number of para-hydroxylation sites is 1. The molecule has 0 radical (unpaired) electrons. The Bertz CT molecular complexity index is 1370. The molecule has 0 atom stereocenters. The number of nitro groups is 1. The number of rotatable bonds is 8. The van der Waals surface area contributed by atoms with Crippen molar-refractivity contribution in [3.05, 3.63) is 94.5 Å². The molecule has 10 nitrogen and oxygen atoms in total. The van der Waals surface area contributed by atoms with Crippen LogP contribution in [0.5, 0.6) is 0 Å². The highest BCUT2D eigenvalue weighted by atomic mass is 32.2. The largest absolute Gasteiger partial charge is 0.347 e. The summed E-state index contributed by atoms with van der Waals surface area (Å²) in [6.07, 6.45) is 0. The van der Waals surface area contributed by atoms with Crippen LogP contribution in [0, 0.1) is 10.1 Å². The quantitative estimate of drug-likeness (QED) is 0.347. The van der Waals surface area contributed by atoms with Gasteiger partial charge in [-0.15, -0.1) is 0 Å². The molecule has 0 aliphatic heterocycles. The van der Waals surface area contributed by atoms with Gasteiger partial charge in [-0.1, -0.05) is 30.3 Å². The van der Waals surface area contributed by atoms with Crippen LogP contribution in [0.1, 0.15) is 31.1 Å². The lowest BCUT2D eigenvalue weighted by Gasteiger charge is -2.24. The van der Waals surface area contributed by atoms with Crippen LogP contribution in [-0.2, 0) is 14.8 Å². The highest BCUT2D eigenvalue weighted by Crippen LogP contribution is 2.26. The van der Waals surface area contributed by atoms with Gasteiger partial charge in [-0.25, -0.2) is 8.42 Å². The molecule has 2 N–H and O–H groups in total. The van der Waals surface area contributed by atoms with Crippen LogP contribution in [0.25, 0.3) is 0 Å². The van der Waals surface area contributed by atoms with Gasteiger partial charge >= 0.3 is 0 Å². The van der Waals surface area contributed by atoms with Crippen molar-refractivity contribution in [3.8, 4) is 0 Å². The zero-order chi connectivity index (χ0) is 26.5. The van der Waals surface area contributed by atoms with Crippen LogP contribution in [0.2, 0.25) is 0 Å². The van der Waals surface area contributed by atoms with Gasteiger partial charge in [0.15, 0.2) is 0 Å². The Balaban J connectivity index is 1.93. The molecule has 3 aromatic carbocycles. The molecular formula is C25H26N4O6S. The third-order valence-corrected chi connectivity index (χ3v) is 6.69. The summed E-state index contributed by atoms with van der Waals surface area (Å²) in [7, 11) is -4.20. The van der Waals surface area contributed by atoms with E-state index >= 15 is 0 Å². The molecule has 0 unspecified atom stereocenters. The number of sulfonamides is 1. The van der Waals surface area contributed by atoms with Crippen molar-refractivity contribution in [2.75, 3.05) is 16.2 Å². The van der Waals surface area contributed by atoms with Gasteiger partial charge in [0, 0.05) is 17.7 Å². The maximum absolute atomic E-state index is 13.4. The predicted octanol–water partition coefficient (Wildman–Crippen LogP) is 3.96. The van der Waals surface area contributed by atoms with Crippen molar-refractivity contribution in [3.63, 3.8) is 0 Å². The zero-order valence-electron chi connectivity index (χ0n) is 20.0. The average Bonchev–Trinajstić information content (AvgIpc) is 2.82. The van der Waals surface area contributed by atoms with Crippen LogP contribution in [0.3, 0.4) is 0 Å². The lowest BCUT2D eigenvalue weighted by atomic mass is 10.1. The summed E-state index contributed by atoms with van der Waals surface area (Å²) in [4.78, 5) is 36.1. The Morgan fingerprint density at radius 2 is 1.50 bits per heavy atom. The van der Waals surface area contributed by atoms with Crippen molar-refractivity contribution in [1.82, 2.24) is 5.32 Å². The van der Waals surface area contributed by atoms with Gasteiger partial charge in [0.2, 0.25) is 5.91 Å². The number of nitrogens with one attached hydrogen (secondary N) is 2. The van der Waals surface area contributed by atoms with E-state index in [1.807, 2.05) is 20.8 Å². The molecule has 2 amide bonds. The average molecular weight is 511 g/mol. The highest BCUT2D eigenvalue weighted by Gasteiger charge is 2.28. The highest BCUT2D eigenvalue weighted by molar-refractivity contribution is 7.92. The number of nitrogens with zero attached hydrogens (tertiary/aromatic N) is 2. The van der Waals surface area contributed by atoms with E-state index in [9.17, 15) is 28.1 Å². The molecule has 0 heterocycles. The number of carbonyl (C=O) groups is 2. The molecule has 11 heteroatoms. The summed E-state index contributed by atoms with van der Waals surface area (Å²) in [5.41, 5.74) is -0.235. The lowest BCUT2D eigenvalue weighted by Crippen LogP contribution is -2.41. The van der Waals surface area contributed by atoms with E-state index in [0.29, 0.717) is 0 Å². The molecule has 0 spiro atoms. The Morgan fingerprint density at radius 1 is 0.917 bits per heavy atom. The minimum atomic E-state index is -4.20. The van der Waals surface area contributed by atoms with Crippen LogP contribution in [0.4, 0.5) is 17.1 Å². The van der Waals surface area contributed by atoms with Crippen molar-refractivity contribution < 1.29 is 22.9 Å². The fourth-order valence-corrected chi connectivity index (χ4v) is 4.74. The molecule has 0 aliphatic carbocycles. The van der Waals surface area contributed by atoms with E-state index < -0.39 is 38.8 Å². The number of hydrogen-bond acceptors (Lipinski definition) is 6. The monoisotopic (exact) mass is 510 g/mol. The molecule has 0 bridgehead atoms. The second-order valence-electron chi connectivity index (χ2n) is 8.90. The van der Waals surface area contributed by atoms with Gasteiger partial charge in [0.05, 0.1) is 26.8 Å². The first-order valence-electron chi connectivity index (χ1n) is 10.9.